The Morgan fingerprint density at radius 2 is 2.14 bits per heavy atom. The summed E-state index contributed by atoms with van der Waals surface area (Å²) in [6.07, 6.45) is 5.62. The van der Waals surface area contributed by atoms with Gasteiger partial charge in [0.2, 0.25) is 0 Å². The Kier molecular flexibility index (Phi) is 4.34. The van der Waals surface area contributed by atoms with Crippen LogP contribution in [0.4, 0.5) is 0 Å². The molecule has 2 atom stereocenters. The van der Waals surface area contributed by atoms with E-state index in [0.29, 0.717) is 18.6 Å². The van der Waals surface area contributed by atoms with Gasteiger partial charge in [0.1, 0.15) is 9.84 Å². The van der Waals surface area contributed by atoms with Crippen LogP contribution in [0.5, 0.6) is 0 Å². The maximum Gasteiger partial charge on any atom is 0.148 e. The van der Waals surface area contributed by atoms with Crippen LogP contribution in [-0.4, -0.2) is 39.1 Å². The Hall–Kier alpha value is -0.130. The molecule has 1 rings (SSSR count). The van der Waals surface area contributed by atoms with Gasteiger partial charge in [-0.1, -0.05) is 6.42 Å². The van der Waals surface area contributed by atoms with Crippen LogP contribution in [0.15, 0.2) is 0 Å². The molecule has 0 spiro atoms. The van der Waals surface area contributed by atoms with Crippen molar-refractivity contribution in [3.63, 3.8) is 0 Å². The topological polar surface area (TPSA) is 72.2 Å². The summed E-state index contributed by atoms with van der Waals surface area (Å²) in [6, 6.07) is 0.708. The normalized spacial score (nSPS) is 29.0. The molecule has 1 saturated carbocycles. The smallest absolute Gasteiger partial charge is 0.148 e. The monoisotopic (exact) mass is 220 g/mol. The lowest BCUT2D eigenvalue weighted by atomic mass is 9.92. The number of nitrogens with one attached hydrogen (secondary N) is 1. The molecule has 0 amide bonds. The lowest BCUT2D eigenvalue weighted by Crippen LogP contribution is -2.40. The van der Waals surface area contributed by atoms with E-state index in [-0.39, 0.29) is 5.75 Å². The first kappa shape index (κ1) is 11.9. The fraction of sp³-hybridized carbons (Fsp3) is 1.00. The van der Waals surface area contributed by atoms with Crippen LogP contribution >= 0.6 is 0 Å². The summed E-state index contributed by atoms with van der Waals surface area (Å²) in [5.74, 6) is 0.221. The minimum atomic E-state index is -2.83. The SMILES string of the molecule is CS(=O)(=O)CCNC1CCCC(N)C1. The second-order valence-electron chi connectivity index (χ2n) is 4.21. The lowest BCUT2D eigenvalue weighted by molar-refractivity contribution is 0.345. The third-order valence-corrected chi connectivity index (χ3v) is 3.57. The standard InChI is InChI=1S/C9H20N2O2S/c1-14(12,13)6-5-11-9-4-2-3-8(10)7-9/h8-9,11H,2-7,10H2,1H3. The van der Waals surface area contributed by atoms with Crippen molar-refractivity contribution in [2.75, 3.05) is 18.6 Å². The molecule has 0 aromatic carbocycles. The van der Waals surface area contributed by atoms with Gasteiger partial charge in [0.15, 0.2) is 0 Å². The van der Waals surface area contributed by atoms with E-state index < -0.39 is 9.84 Å². The molecule has 0 aliphatic heterocycles. The minimum absolute atomic E-state index is 0.221. The van der Waals surface area contributed by atoms with Gasteiger partial charge in [0, 0.05) is 24.9 Å². The maximum atomic E-state index is 10.9. The molecular formula is C9H20N2O2S. The Labute approximate surface area is 86.2 Å². The zero-order valence-corrected chi connectivity index (χ0v) is 9.52. The first-order valence-corrected chi connectivity index (χ1v) is 7.20. The summed E-state index contributed by atoms with van der Waals surface area (Å²) < 4.78 is 21.7. The highest BCUT2D eigenvalue weighted by Gasteiger charge is 2.18. The minimum Gasteiger partial charge on any atom is -0.328 e. The van der Waals surface area contributed by atoms with Gasteiger partial charge in [-0.05, 0) is 19.3 Å². The maximum absolute atomic E-state index is 10.9. The van der Waals surface area contributed by atoms with Crippen molar-refractivity contribution in [1.82, 2.24) is 5.32 Å². The molecule has 5 heteroatoms. The molecule has 0 heterocycles. The zero-order chi connectivity index (χ0) is 10.6. The van der Waals surface area contributed by atoms with E-state index >= 15 is 0 Å². The molecule has 1 fully saturated rings. The van der Waals surface area contributed by atoms with Gasteiger partial charge in [-0.3, -0.25) is 0 Å². The molecule has 4 nitrogen and oxygen atoms in total. The Morgan fingerprint density at radius 1 is 1.43 bits per heavy atom. The largest absolute Gasteiger partial charge is 0.328 e. The summed E-state index contributed by atoms with van der Waals surface area (Å²) in [5, 5.41) is 3.25. The van der Waals surface area contributed by atoms with Gasteiger partial charge in [-0.2, -0.15) is 0 Å². The van der Waals surface area contributed by atoms with E-state index in [1.54, 1.807) is 0 Å². The molecule has 0 radical (unpaired) electrons. The fourth-order valence-corrected chi connectivity index (χ4v) is 2.35. The quantitative estimate of drug-likeness (QED) is 0.693. The van der Waals surface area contributed by atoms with E-state index in [9.17, 15) is 8.42 Å². The summed E-state index contributed by atoms with van der Waals surface area (Å²) in [6.45, 7) is 0.552. The Morgan fingerprint density at radius 3 is 2.71 bits per heavy atom. The van der Waals surface area contributed by atoms with Crippen LogP contribution in [0, 0.1) is 0 Å². The molecule has 0 saturated heterocycles. The van der Waals surface area contributed by atoms with Gasteiger partial charge in [-0.25, -0.2) is 8.42 Å². The summed E-state index contributed by atoms with van der Waals surface area (Å²) in [5.41, 5.74) is 5.82. The van der Waals surface area contributed by atoms with E-state index in [1.165, 1.54) is 6.26 Å². The third kappa shape index (κ3) is 4.93. The van der Waals surface area contributed by atoms with Crippen molar-refractivity contribution in [1.29, 1.82) is 0 Å². The van der Waals surface area contributed by atoms with E-state index in [2.05, 4.69) is 5.32 Å². The summed E-state index contributed by atoms with van der Waals surface area (Å²) in [4.78, 5) is 0. The number of sulfone groups is 1. The molecule has 3 N–H and O–H groups in total. The molecule has 1 aliphatic carbocycles. The highest BCUT2D eigenvalue weighted by molar-refractivity contribution is 7.90. The van der Waals surface area contributed by atoms with Crippen LogP contribution in [0.25, 0.3) is 0 Å². The Balaban J connectivity index is 2.18. The number of rotatable bonds is 4. The van der Waals surface area contributed by atoms with Crippen LogP contribution in [0.3, 0.4) is 0 Å². The third-order valence-electron chi connectivity index (χ3n) is 2.62. The molecule has 14 heavy (non-hydrogen) atoms. The second-order valence-corrected chi connectivity index (χ2v) is 6.47. The van der Waals surface area contributed by atoms with Crippen LogP contribution in [0.1, 0.15) is 25.7 Å². The van der Waals surface area contributed by atoms with Crippen LogP contribution < -0.4 is 11.1 Å². The molecular weight excluding hydrogens is 200 g/mol. The Bertz CT molecular complexity index is 264. The van der Waals surface area contributed by atoms with Gasteiger partial charge >= 0.3 is 0 Å². The van der Waals surface area contributed by atoms with Gasteiger partial charge < -0.3 is 11.1 Å². The molecule has 2 unspecified atom stereocenters. The molecule has 0 aromatic rings. The van der Waals surface area contributed by atoms with E-state index in [4.69, 9.17) is 5.73 Å². The first-order chi connectivity index (χ1) is 6.47. The lowest BCUT2D eigenvalue weighted by Gasteiger charge is -2.27. The van der Waals surface area contributed by atoms with Crippen molar-refractivity contribution < 1.29 is 8.42 Å². The predicted molar refractivity (Wildman–Crippen MR) is 57.9 cm³/mol. The summed E-state index contributed by atoms with van der Waals surface area (Å²) >= 11 is 0. The van der Waals surface area contributed by atoms with Crippen LogP contribution in [0.2, 0.25) is 0 Å². The van der Waals surface area contributed by atoms with Crippen molar-refractivity contribution >= 4 is 9.84 Å². The highest BCUT2D eigenvalue weighted by Crippen LogP contribution is 2.16. The van der Waals surface area contributed by atoms with E-state index in [1.807, 2.05) is 0 Å². The van der Waals surface area contributed by atoms with Crippen molar-refractivity contribution in [2.24, 2.45) is 5.73 Å². The van der Waals surface area contributed by atoms with Crippen molar-refractivity contribution in [3.8, 4) is 0 Å². The average Bonchev–Trinajstić information content (AvgIpc) is 2.01. The summed E-state index contributed by atoms with van der Waals surface area (Å²) in [7, 11) is -2.83. The predicted octanol–water partition coefficient (Wildman–Crippen LogP) is -0.109. The molecule has 0 aromatic heterocycles. The van der Waals surface area contributed by atoms with E-state index in [0.717, 1.165) is 25.7 Å². The molecule has 1 aliphatic rings. The van der Waals surface area contributed by atoms with Crippen molar-refractivity contribution in [2.45, 2.75) is 37.8 Å². The number of nitrogens with two attached hydrogens (primary N) is 1. The molecule has 84 valence electrons. The molecule has 0 bridgehead atoms. The number of hydrogen-bond donors (Lipinski definition) is 2. The zero-order valence-electron chi connectivity index (χ0n) is 8.70. The van der Waals surface area contributed by atoms with Gasteiger partial charge in [-0.15, -0.1) is 0 Å². The van der Waals surface area contributed by atoms with Gasteiger partial charge in [0.25, 0.3) is 0 Å². The first-order valence-electron chi connectivity index (χ1n) is 5.14. The second kappa shape index (κ2) is 5.09. The number of hydrogen-bond acceptors (Lipinski definition) is 4. The van der Waals surface area contributed by atoms with Gasteiger partial charge in [0.05, 0.1) is 5.75 Å². The average molecular weight is 220 g/mol. The van der Waals surface area contributed by atoms with Crippen molar-refractivity contribution in [3.05, 3.63) is 0 Å². The highest BCUT2D eigenvalue weighted by atomic mass is 32.2. The fourth-order valence-electron chi connectivity index (χ4n) is 1.86. The van der Waals surface area contributed by atoms with Crippen LogP contribution in [-0.2, 0) is 9.84 Å².